The SMILES string of the molecule is O=S(=O)(CBr)Cc1ccccc1. The van der Waals surface area contributed by atoms with E-state index in [1.54, 1.807) is 12.1 Å². The average Bonchev–Trinajstić information content (AvgIpc) is 2.06. The van der Waals surface area contributed by atoms with Crippen LogP contribution < -0.4 is 0 Å². The van der Waals surface area contributed by atoms with Gasteiger partial charge >= 0.3 is 0 Å². The van der Waals surface area contributed by atoms with Gasteiger partial charge in [-0.3, -0.25) is 0 Å². The first-order valence-electron chi connectivity index (χ1n) is 3.44. The van der Waals surface area contributed by atoms with Crippen LogP contribution in [0.2, 0.25) is 0 Å². The molecule has 0 amide bonds. The zero-order chi connectivity index (χ0) is 9.03. The summed E-state index contributed by atoms with van der Waals surface area (Å²) in [5, 5.41) is 0. The van der Waals surface area contributed by atoms with Crippen molar-refractivity contribution < 1.29 is 8.42 Å². The molecule has 0 aliphatic rings. The third-order valence-electron chi connectivity index (χ3n) is 1.40. The Labute approximate surface area is 80.7 Å². The summed E-state index contributed by atoms with van der Waals surface area (Å²) in [4.78, 5) is 0. The molecule has 2 nitrogen and oxygen atoms in total. The van der Waals surface area contributed by atoms with Gasteiger partial charge in [-0.05, 0) is 5.56 Å². The highest BCUT2D eigenvalue weighted by Gasteiger charge is 2.08. The van der Waals surface area contributed by atoms with Crippen LogP contribution in [0.3, 0.4) is 0 Å². The molecule has 0 saturated heterocycles. The Balaban J connectivity index is 2.78. The molecule has 1 rings (SSSR count). The molecule has 0 heterocycles. The van der Waals surface area contributed by atoms with Gasteiger partial charge in [-0.25, -0.2) is 8.42 Å². The number of sulfone groups is 1. The number of alkyl halides is 1. The third-order valence-corrected chi connectivity index (χ3v) is 4.59. The maximum absolute atomic E-state index is 11.1. The zero-order valence-electron chi connectivity index (χ0n) is 6.40. The maximum atomic E-state index is 11.1. The van der Waals surface area contributed by atoms with Gasteiger partial charge in [-0.2, -0.15) is 0 Å². The van der Waals surface area contributed by atoms with E-state index in [1.165, 1.54) is 0 Å². The minimum atomic E-state index is -2.96. The number of hydrogen-bond acceptors (Lipinski definition) is 2. The van der Waals surface area contributed by atoms with E-state index in [0.717, 1.165) is 5.56 Å². The van der Waals surface area contributed by atoms with E-state index in [4.69, 9.17) is 0 Å². The summed E-state index contributed by atoms with van der Waals surface area (Å²) in [6.07, 6.45) is 0. The Morgan fingerprint density at radius 2 is 1.75 bits per heavy atom. The molecule has 4 heteroatoms. The molecule has 0 unspecified atom stereocenters. The van der Waals surface area contributed by atoms with Crippen LogP contribution in [-0.2, 0) is 15.6 Å². The monoisotopic (exact) mass is 248 g/mol. The van der Waals surface area contributed by atoms with Crippen molar-refractivity contribution in [1.82, 2.24) is 0 Å². The summed E-state index contributed by atoms with van der Waals surface area (Å²) in [7, 11) is -2.96. The Morgan fingerprint density at radius 1 is 1.17 bits per heavy atom. The normalized spacial score (nSPS) is 11.4. The lowest BCUT2D eigenvalue weighted by Gasteiger charge is -1.99. The second-order valence-corrected chi connectivity index (χ2v) is 5.85. The lowest BCUT2D eigenvalue weighted by atomic mass is 10.2. The highest BCUT2D eigenvalue weighted by atomic mass is 79.9. The van der Waals surface area contributed by atoms with Gasteiger partial charge in [0.15, 0.2) is 9.84 Å². The molecule has 0 aromatic heterocycles. The van der Waals surface area contributed by atoms with Crippen LogP contribution >= 0.6 is 15.9 Å². The van der Waals surface area contributed by atoms with E-state index in [2.05, 4.69) is 15.9 Å². The van der Waals surface area contributed by atoms with Crippen molar-refractivity contribution in [2.45, 2.75) is 5.75 Å². The summed E-state index contributed by atoms with van der Waals surface area (Å²) in [6.45, 7) is 0. The zero-order valence-corrected chi connectivity index (χ0v) is 8.81. The van der Waals surface area contributed by atoms with Gasteiger partial charge in [-0.1, -0.05) is 46.3 Å². The van der Waals surface area contributed by atoms with E-state index in [0.29, 0.717) is 0 Å². The van der Waals surface area contributed by atoms with Crippen LogP contribution in [0.25, 0.3) is 0 Å². The van der Waals surface area contributed by atoms with E-state index < -0.39 is 9.84 Å². The fraction of sp³-hybridized carbons (Fsp3) is 0.250. The molecule has 0 spiro atoms. The molecule has 0 aliphatic heterocycles. The van der Waals surface area contributed by atoms with Crippen LogP contribution in [0.15, 0.2) is 30.3 Å². The van der Waals surface area contributed by atoms with Crippen molar-refractivity contribution in [1.29, 1.82) is 0 Å². The van der Waals surface area contributed by atoms with Crippen LogP contribution in [-0.4, -0.2) is 13.1 Å². The standard InChI is InChI=1S/C8H9BrO2S/c9-7-12(10,11)6-8-4-2-1-3-5-8/h1-5H,6-7H2. The molecule has 0 bridgehead atoms. The summed E-state index contributed by atoms with van der Waals surface area (Å²) in [5.74, 6) is 0.110. The maximum Gasteiger partial charge on any atom is 0.164 e. The quantitative estimate of drug-likeness (QED) is 0.767. The van der Waals surface area contributed by atoms with Crippen molar-refractivity contribution >= 4 is 25.8 Å². The molecular weight excluding hydrogens is 240 g/mol. The minimum Gasteiger partial charge on any atom is -0.228 e. The molecule has 0 atom stereocenters. The lowest BCUT2D eigenvalue weighted by Crippen LogP contribution is -2.04. The fourth-order valence-electron chi connectivity index (χ4n) is 0.867. The largest absolute Gasteiger partial charge is 0.228 e. The molecule has 66 valence electrons. The molecule has 0 N–H and O–H groups in total. The molecule has 0 aliphatic carbocycles. The van der Waals surface area contributed by atoms with Gasteiger partial charge in [-0.15, -0.1) is 0 Å². The van der Waals surface area contributed by atoms with Crippen molar-refractivity contribution in [2.24, 2.45) is 0 Å². The summed E-state index contributed by atoms with van der Waals surface area (Å²) in [5.41, 5.74) is 0.831. The predicted octanol–water partition coefficient (Wildman–Crippen LogP) is 1.95. The highest BCUT2D eigenvalue weighted by Crippen LogP contribution is 2.07. The molecular formula is C8H9BrO2S. The van der Waals surface area contributed by atoms with Crippen LogP contribution in [0.4, 0.5) is 0 Å². The van der Waals surface area contributed by atoms with Crippen molar-refractivity contribution in [3.05, 3.63) is 35.9 Å². The lowest BCUT2D eigenvalue weighted by molar-refractivity contribution is 0.600. The molecule has 0 saturated carbocycles. The van der Waals surface area contributed by atoms with Crippen molar-refractivity contribution in [3.63, 3.8) is 0 Å². The number of hydrogen-bond donors (Lipinski definition) is 0. The van der Waals surface area contributed by atoms with Gasteiger partial charge < -0.3 is 0 Å². The predicted molar refractivity (Wildman–Crippen MR) is 52.9 cm³/mol. The highest BCUT2D eigenvalue weighted by molar-refractivity contribution is 9.10. The number of rotatable bonds is 3. The summed E-state index contributed by atoms with van der Waals surface area (Å²) < 4.78 is 22.3. The summed E-state index contributed by atoms with van der Waals surface area (Å²) >= 11 is 2.94. The Kier molecular flexibility index (Phi) is 3.29. The molecule has 0 radical (unpaired) electrons. The van der Waals surface area contributed by atoms with E-state index in [9.17, 15) is 8.42 Å². The van der Waals surface area contributed by atoms with E-state index >= 15 is 0 Å². The van der Waals surface area contributed by atoms with Crippen LogP contribution in [0.1, 0.15) is 5.56 Å². The average molecular weight is 249 g/mol. The topological polar surface area (TPSA) is 34.1 Å². The summed E-state index contributed by atoms with van der Waals surface area (Å²) in [6, 6.07) is 9.14. The second-order valence-electron chi connectivity index (χ2n) is 2.48. The number of halogens is 1. The molecule has 1 aromatic rings. The van der Waals surface area contributed by atoms with E-state index in [-0.39, 0.29) is 10.4 Å². The first-order valence-corrected chi connectivity index (χ1v) is 6.39. The van der Waals surface area contributed by atoms with Crippen molar-refractivity contribution in [2.75, 3.05) is 4.66 Å². The van der Waals surface area contributed by atoms with Gasteiger partial charge in [0, 0.05) is 0 Å². The second kappa shape index (κ2) is 4.05. The van der Waals surface area contributed by atoms with Crippen molar-refractivity contribution in [3.8, 4) is 0 Å². The van der Waals surface area contributed by atoms with E-state index in [1.807, 2.05) is 18.2 Å². The third kappa shape index (κ3) is 2.95. The van der Waals surface area contributed by atoms with Gasteiger partial charge in [0.2, 0.25) is 0 Å². The first kappa shape index (κ1) is 9.74. The molecule has 0 fully saturated rings. The number of benzene rings is 1. The Hall–Kier alpha value is -0.350. The Morgan fingerprint density at radius 3 is 2.25 bits per heavy atom. The smallest absolute Gasteiger partial charge is 0.164 e. The minimum absolute atomic E-state index is 0.0227. The van der Waals surface area contributed by atoms with Gasteiger partial charge in [0.05, 0.1) is 5.75 Å². The molecule has 12 heavy (non-hydrogen) atoms. The first-order chi connectivity index (χ1) is 5.64. The van der Waals surface area contributed by atoms with Gasteiger partial charge in [0.25, 0.3) is 0 Å². The van der Waals surface area contributed by atoms with Crippen LogP contribution in [0.5, 0.6) is 0 Å². The van der Waals surface area contributed by atoms with Crippen LogP contribution in [0, 0.1) is 0 Å². The fourth-order valence-corrected chi connectivity index (χ4v) is 2.13. The van der Waals surface area contributed by atoms with Gasteiger partial charge in [0.1, 0.15) is 4.66 Å². The molecule has 1 aromatic carbocycles. The Bertz CT molecular complexity index is 331.